The van der Waals surface area contributed by atoms with Crippen molar-refractivity contribution in [3.63, 3.8) is 0 Å². The van der Waals surface area contributed by atoms with E-state index in [4.69, 9.17) is 10.00 Å². The van der Waals surface area contributed by atoms with E-state index in [9.17, 15) is 0 Å². The number of nitriles is 1. The fraction of sp³-hybridized carbons (Fsp3) is 0.368. The first-order valence-corrected chi connectivity index (χ1v) is 7.97. The molecule has 0 aliphatic carbocycles. The third kappa shape index (κ3) is 3.35. The Labute approximate surface area is 137 Å². The molecule has 0 radical (unpaired) electrons. The summed E-state index contributed by atoms with van der Waals surface area (Å²) in [6, 6.07) is 14.3. The lowest BCUT2D eigenvalue weighted by Gasteiger charge is -2.39. The summed E-state index contributed by atoms with van der Waals surface area (Å²) in [7, 11) is 0. The molecule has 0 bridgehead atoms. The standard InChI is InChI=1S/C19H21N3O/c1-15-4-2-3-5-17(15)19(8-10-23-11-9-19)14-22-18-7-6-16(12-20)13-21-18/h2-7,13H,8-11,14H2,1H3,(H,21,22). The van der Waals surface area contributed by atoms with E-state index in [0.717, 1.165) is 38.4 Å². The molecule has 0 amide bonds. The minimum atomic E-state index is 0.0686. The summed E-state index contributed by atoms with van der Waals surface area (Å²) in [5.74, 6) is 0.809. The van der Waals surface area contributed by atoms with E-state index < -0.39 is 0 Å². The number of aryl methyl sites for hydroxylation is 1. The monoisotopic (exact) mass is 307 g/mol. The lowest BCUT2D eigenvalue weighted by atomic mass is 9.72. The second-order valence-corrected chi connectivity index (χ2v) is 6.11. The van der Waals surface area contributed by atoms with Gasteiger partial charge < -0.3 is 10.1 Å². The second-order valence-electron chi connectivity index (χ2n) is 6.11. The van der Waals surface area contributed by atoms with Crippen LogP contribution >= 0.6 is 0 Å². The molecular weight excluding hydrogens is 286 g/mol. The first kappa shape index (κ1) is 15.5. The van der Waals surface area contributed by atoms with Crippen LogP contribution in [0, 0.1) is 18.3 Å². The van der Waals surface area contributed by atoms with E-state index in [0.29, 0.717) is 5.56 Å². The van der Waals surface area contributed by atoms with Crippen LogP contribution in [0.2, 0.25) is 0 Å². The third-order valence-corrected chi connectivity index (χ3v) is 4.67. The maximum atomic E-state index is 8.86. The molecule has 1 aromatic heterocycles. The van der Waals surface area contributed by atoms with Gasteiger partial charge in [0.2, 0.25) is 0 Å². The minimum absolute atomic E-state index is 0.0686. The van der Waals surface area contributed by atoms with Gasteiger partial charge in [-0.25, -0.2) is 4.98 Å². The smallest absolute Gasteiger partial charge is 0.125 e. The maximum absolute atomic E-state index is 8.86. The predicted molar refractivity (Wildman–Crippen MR) is 90.4 cm³/mol. The topological polar surface area (TPSA) is 57.9 Å². The van der Waals surface area contributed by atoms with Crippen molar-refractivity contribution in [3.8, 4) is 6.07 Å². The molecule has 2 aromatic rings. The molecule has 118 valence electrons. The Kier molecular flexibility index (Phi) is 4.59. The highest BCUT2D eigenvalue weighted by Gasteiger charge is 2.35. The van der Waals surface area contributed by atoms with E-state index in [1.165, 1.54) is 11.1 Å². The summed E-state index contributed by atoms with van der Waals surface area (Å²) in [6.45, 7) is 4.57. The summed E-state index contributed by atoms with van der Waals surface area (Å²) < 4.78 is 5.59. The summed E-state index contributed by atoms with van der Waals surface area (Å²) in [4.78, 5) is 4.32. The number of benzene rings is 1. The highest BCUT2D eigenvalue weighted by Crippen LogP contribution is 2.36. The van der Waals surface area contributed by atoms with E-state index in [1.807, 2.05) is 6.07 Å². The van der Waals surface area contributed by atoms with Crippen LogP contribution in [-0.2, 0) is 10.2 Å². The average Bonchev–Trinajstić information content (AvgIpc) is 2.61. The Morgan fingerprint density at radius 3 is 2.65 bits per heavy atom. The quantitative estimate of drug-likeness (QED) is 0.940. The summed E-state index contributed by atoms with van der Waals surface area (Å²) in [5.41, 5.74) is 3.36. The number of nitrogens with one attached hydrogen (secondary N) is 1. The molecule has 0 saturated carbocycles. The summed E-state index contributed by atoms with van der Waals surface area (Å²) in [6.07, 6.45) is 3.61. The van der Waals surface area contributed by atoms with Gasteiger partial charge in [-0.3, -0.25) is 0 Å². The van der Waals surface area contributed by atoms with Crippen molar-refractivity contribution in [2.75, 3.05) is 25.1 Å². The lowest BCUT2D eigenvalue weighted by Crippen LogP contribution is -2.40. The van der Waals surface area contributed by atoms with Gasteiger partial charge in [-0.05, 0) is 43.0 Å². The fourth-order valence-corrected chi connectivity index (χ4v) is 3.30. The molecule has 1 aromatic carbocycles. The molecule has 3 rings (SSSR count). The molecule has 1 aliphatic heterocycles. The minimum Gasteiger partial charge on any atom is -0.381 e. The largest absolute Gasteiger partial charge is 0.381 e. The van der Waals surface area contributed by atoms with Gasteiger partial charge in [-0.2, -0.15) is 5.26 Å². The maximum Gasteiger partial charge on any atom is 0.125 e. The zero-order chi connectivity index (χ0) is 16.1. The van der Waals surface area contributed by atoms with E-state index in [2.05, 4.69) is 47.6 Å². The van der Waals surface area contributed by atoms with Gasteiger partial charge in [0.1, 0.15) is 11.9 Å². The van der Waals surface area contributed by atoms with Gasteiger partial charge in [0, 0.05) is 31.4 Å². The van der Waals surface area contributed by atoms with Gasteiger partial charge in [0.25, 0.3) is 0 Å². The lowest BCUT2D eigenvalue weighted by molar-refractivity contribution is 0.0541. The molecule has 1 saturated heterocycles. The van der Waals surface area contributed by atoms with Gasteiger partial charge >= 0.3 is 0 Å². The van der Waals surface area contributed by atoms with Crippen LogP contribution in [0.4, 0.5) is 5.82 Å². The number of rotatable bonds is 4. The number of anilines is 1. The molecule has 23 heavy (non-hydrogen) atoms. The highest BCUT2D eigenvalue weighted by molar-refractivity contribution is 5.42. The fourth-order valence-electron chi connectivity index (χ4n) is 3.30. The van der Waals surface area contributed by atoms with Gasteiger partial charge in [0.05, 0.1) is 5.56 Å². The van der Waals surface area contributed by atoms with Crippen molar-refractivity contribution < 1.29 is 4.74 Å². The van der Waals surface area contributed by atoms with Crippen molar-refractivity contribution in [1.29, 1.82) is 5.26 Å². The Balaban J connectivity index is 1.82. The molecule has 2 heterocycles. The zero-order valence-electron chi connectivity index (χ0n) is 13.4. The number of hydrogen-bond acceptors (Lipinski definition) is 4. The van der Waals surface area contributed by atoms with Crippen molar-refractivity contribution >= 4 is 5.82 Å². The molecular formula is C19H21N3O. The van der Waals surface area contributed by atoms with Crippen LogP contribution < -0.4 is 5.32 Å². The molecule has 0 atom stereocenters. The van der Waals surface area contributed by atoms with Crippen molar-refractivity contribution in [2.24, 2.45) is 0 Å². The highest BCUT2D eigenvalue weighted by atomic mass is 16.5. The van der Waals surface area contributed by atoms with E-state index in [1.54, 1.807) is 12.3 Å². The van der Waals surface area contributed by atoms with E-state index >= 15 is 0 Å². The first-order valence-electron chi connectivity index (χ1n) is 7.97. The Hall–Kier alpha value is -2.38. The second kappa shape index (κ2) is 6.80. The molecule has 1 N–H and O–H groups in total. The van der Waals surface area contributed by atoms with Crippen LogP contribution in [0.5, 0.6) is 0 Å². The molecule has 4 nitrogen and oxygen atoms in total. The average molecular weight is 307 g/mol. The Morgan fingerprint density at radius 2 is 2.00 bits per heavy atom. The third-order valence-electron chi connectivity index (χ3n) is 4.67. The summed E-state index contributed by atoms with van der Waals surface area (Å²) in [5, 5.41) is 12.3. The number of aromatic nitrogens is 1. The number of ether oxygens (including phenoxy) is 1. The van der Waals surface area contributed by atoms with Crippen molar-refractivity contribution in [3.05, 3.63) is 59.3 Å². The van der Waals surface area contributed by atoms with Crippen molar-refractivity contribution in [2.45, 2.75) is 25.2 Å². The summed E-state index contributed by atoms with van der Waals surface area (Å²) >= 11 is 0. The van der Waals surface area contributed by atoms with Gasteiger partial charge in [-0.15, -0.1) is 0 Å². The van der Waals surface area contributed by atoms with Crippen LogP contribution in [-0.4, -0.2) is 24.7 Å². The normalized spacial score (nSPS) is 16.5. The SMILES string of the molecule is Cc1ccccc1C1(CNc2ccc(C#N)cn2)CCOCC1. The molecule has 0 unspecified atom stereocenters. The molecule has 1 fully saturated rings. The Morgan fingerprint density at radius 1 is 1.22 bits per heavy atom. The Bertz CT molecular complexity index is 697. The van der Waals surface area contributed by atoms with Crippen LogP contribution in [0.1, 0.15) is 29.5 Å². The van der Waals surface area contributed by atoms with Gasteiger partial charge in [0.15, 0.2) is 0 Å². The van der Waals surface area contributed by atoms with Crippen molar-refractivity contribution in [1.82, 2.24) is 4.98 Å². The first-order chi connectivity index (χ1) is 11.2. The molecule has 0 spiro atoms. The number of pyridine rings is 1. The predicted octanol–water partition coefficient (Wildman–Crippen LogP) is 3.42. The van der Waals surface area contributed by atoms with Crippen LogP contribution in [0.3, 0.4) is 0 Å². The van der Waals surface area contributed by atoms with E-state index in [-0.39, 0.29) is 5.41 Å². The number of nitrogens with zero attached hydrogens (tertiary/aromatic N) is 2. The van der Waals surface area contributed by atoms with Crippen LogP contribution in [0.15, 0.2) is 42.6 Å². The van der Waals surface area contributed by atoms with Crippen LogP contribution in [0.25, 0.3) is 0 Å². The number of hydrogen-bond donors (Lipinski definition) is 1. The molecule has 1 aliphatic rings. The molecule has 4 heteroatoms. The van der Waals surface area contributed by atoms with Gasteiger partial charge in [-0.1, -0.05) is 24.3 Å². The zero-order valence-corrected chi connectivity index (χ0v) is 13.4.